The number of piperidine rings is 1. The van der Waals surface area contributed by atoms with E-state index in [9.17, 15) is 5.11 Å². The molecule has 2 aromatic rings. The zero-order chi connectivity index (χ0) is 16.4. The van der Waals surface area contributed by atoms with E-state index in [0.29, 0.717) is 6.54 Å². The van der Waals surface area contributed by atoms with Crippen molar-refractivity contribution in [1.29, 1.82) is 0 Å². The molecular formula is C20H23N3O. The average Bonchev–Trinajstić information content (AvgIpc) is 3.17. The topological polar surface area (TPSA) is 47.9 Å². The van der Waals surface area contributed by atoms with E-state index in [1.807, 2.05) is 18.2 Å². The first-order chi connectivity index (χ1) is 11.7. The highest BCUT2D eigenvalue weighted by molar-refractivity contribution is 5.81. The van der Waals surface area contributed by atoms with Crippen molar-refractivity contribution < 1.29 is 5.11 Å². The molecule has 24 heavy (non-hydrogen) atoms. The summed E-state index contributed by atoms with van der Waals surface area (Å²) in [4.78, 5) is 6.67. The minimum atomic E-state index is -0.805. The number of aliphatic hydroxyl groups is 1. The van der Waals surface area contributed by atoms with E-state index in [2.05, 4.69) is 51.6 Å². The first-order valence-corrected chi connectivity index (χ1v) is 8.66. The van der Waals surface area contributed by atoms with Crippen LogP contribution >= 0.6 is 0 Å². The molecule has 1 saturated heterocycles. The molecule has 4 rings (SSSR count). The predicted octanol–water partition coefficient (Wildman–Crippen LogP) is 2.60. The van der Waals surface area contributed by atoms with Gasteiger partial charge in [-0.05, 0) is 29.5 Å². The van der Waals surface area contributed by atoms with Gasteiger partial charge in [-0.15, -0.1) is 0 Å². The number of guanidine groups is 1. The summed E-state index contributed by atoms with van der Waals surface area (Å²) in [5, 5.41) is 14.5. The minimum Gasteiger partial charge on any atom is -0.383 e. The van der Waals surface area contributed by atoms with Gasteiger partial charge >= 0.3 is 0 Å². The average molecular weight is 321 g/mol. The van der Waals surface area contributed by atoms with Crippen molar-refractivity contribution in [3.63, 3.8) is 0 Å². The second kappa shape index (κ2) is 6.29. The Hall–Kier alpha value is -2.33. The summed E-state index contributed by atoms with van der Waals surface area (Å²) >= 11 is 0. The van der Waals surface area contributed by atoms with Gasteiger partial charge in [-0.25, -0.2) is 0 Å². The molecule has 0 aromatic heterocycles. The number of benzene rings is 2. The molecule has 0 radical (unpaired) electrons. The minimum absolute atomic E-state index is 0.601. The molecule has 0 spiro atoms. The van der Waals surface area contributed by atoms with Gasteiger partial charge in [0.1, 0.15) is 5.60 Å². The van der Waals surface area contributed by atoms with Gasteiger partial charge in [-0.1, -0.05) is 54.6 Å². The van der Waals surface area contributed by atoms with Crippen molar-refractivity contribution >= 4 is 5.96 Å². The van der Waals surface area contributed by atoms with Crippen molar-refractivity contribution in [2.24, 2.45) is 4.99 Å². The number of hydrogen-bond donors (Lipinski definition) is 2. The zero-order valence-corrected chi connectivity index (χ0v) is 13.8. The van der Waals surface area contributed by atoms with Gasteiger partial charge in [0.05, 0.1) is 13.1 Å². The molecule has 0 unspecified atom stereocenters. The molecule has 1 atom stereocenters. The molecule has 2 heterocycles. The molecule has 2 aliphatic heterocycles. The zero-order valence-electron chi connectivity index (χ0n) is 13.8. The monoisotopic (exact) mass is 321 g/mol. The maximum atomic E-state index is 11.2. The second-order valence-electron chi connectivity index (χ2n) is 6.63. The van der Waals surface area contributed by atoms with E-state index in [0.717, 1.165) is 44.0 Å². The summed E-state index contributed by atoms with van der Waals surface area (Å²) in [5.41, 5.74) is 2.56. The van der Waals surface area contributed by atoms with Crippen molar-refractivity contribution in [3.8, 4) is 11.1 Å². The van der Waals surface area contributed by atoms with E-state index in [1.165, 1.54) is 11.1 Å². The highest BCUT2D eigenvalue weighted by atomic mass is 16.3. The molecule has 0 aliphatic carbocycles. The lowest BCUT2D eigenvalue weighted by molar-refractivity contribution is -0.0166. The van der Waals surface area contributed by atoms with Crippen LogP contribution in [0, 0.1) is 0 Å². The lowest BCUT2D eigenvalue weighted by Crippen LogP contribution is -2.51. The lowest BCUT2D eigenvalue weighted by Gasteiger charge is -2.40. The number of β-amino-alcohol motifs (C(OH)–C–C–N with tert-alkyl or cyclic N) is 1. The Labute approximate surface area is 142 Å². The van der Waals surface area contributed by atoms with Crippen LogP contribution in [0.3, 0.4) is 0 Å². The van der Waals surface area contributed by atoms with Crippen molar-refractivity contribution in [1.82, 2.24) is 10.2 Å². The number of rotatable bonds is 2. The molecular weight excluding hydrogens is 298 g/mol. The normalized spacial score (nSPS) is 23.7. The fourth-order valence-electron chi connectivity index (χ4n) is 3.65. The maximum absolute atomic E-state index is 11.2. The Balaban J connectivity index is 1.55. The number of hydrogen-bond acceptors (Lipinski definition) is 4. The fourth-order valence-corrected chi connectivity index (χ4v) is 3.65. The molecule has 0 amide bonds. The molecule has 2 N–H and O–H groups in total. The number of likely N-dealkylation sites (tertiary alicyclic amines) is 1. The molecule has 1 fully saturated rings. The predicted molar refractivity (Wildman–Crippen MR) is 96.9 cm³/mol. The van der Waals surface area contributed by atoms with Crippen LogP contribution < -0.4 is 5.32 Å². The van der Waals surface area contributed by atoms with Crippen LogP contribution in [-0.2, 0) is 5.60 Å². The summed E-state index contributed by atoms with van der Waals surface area (Å²) in [6.07, 6.45) is 1.76. The standard InChI is InChI=1S/C20H23N3O/c24-20(11-4-14-23(15-20)19-21-12-13-22-19)18-9-7-17(8-10-18)16-5-2-1-3-6-16/h1-3,5-10,24H,4,11-15H2,(H,21,22)/t20-/m0/s1. The summed E-state index contributed by atoms with van der Waals surface area (Å²) in [6, 6.07) is 18.7. The molecule has 124 valence electrons. The molecule has 4 heteroatoms. The van der Waals surface area contributed by atoms with Crippen molar-refractivity contribution in [2.45, 2.75) is 18.4 Å². The van der Waals surface area contributed by atoms with E-state index in [1.54, 1.807) is 0 Å². The largest absolute Gasteiger partial charge is 0.383 e. The Morgan fingerprint density at radius 2 is 1.75 bits per heavy atom. The van der Waals surface area contributed by atoms with Crippen LogP contribution in [0.25, 0.3) is 11.1 Å². The van der Waals surface area contributed by atoms with E-state index in [4.69, 9.17) is 0 Å². The first-order valence-electron chi connectivity index (χ1n) is 8.66. The van der Waals surface area contributed by atoms with Gasteiger partial charge in [0.25, 0.3) is 0 Å². The Morgan fingerprint density at radius 1 is 1.00 bits per heavy atom. The number of aliphatic imine (C=N–C) groups is 1. The third-order valence-electron chi connectivity index (χ3n) is 4.96. The van der Waals surface area contributed by atoms with Crippen molar-refractivity contribution in [3.05, 3.63) is 60.2 Å². The number of nitrogens with one attached hydrogen (secondary N) is 1. The van der Waals surface area contributed by atoms with Gasteiger partial charge < -0.3 is 15.3 Å². The van der Waals surface area contributed by atoms with Gasteiger partial charge in [0.15, 0.2) is 5.96 Å². The summed E-state index contributed by atoms with van der Waals surface area (Å²) in [7, 11) is 0. The molecule has 0 saturated carbocycles. The highest BCUT2D eigenvalue weighted by Crippen LogP contribution is 2.33. The quantitative estimate of drug-likeness (QED) is 0.894. The third kappa shape index (κ3) is 2.89. The fraction of sp³-hybridized carbons (Fsp3) is 0.350. The summed E-state index contributed by atoms with van der Waals surface area (Å²) < 4.78 is 0. The van der Waals surface area contributed by atoms with E-state index >= 15 is 0 Å². The second-order valence-corrected chi connectivity index (χ2v) is 6.63. The summed E-state index contributed by atoms with van der Waals surface area (Å²) in [5.74, 6) is 0.939. The Bertz CT molecular complexity index is 726. The van der Waals surface area contributed by atoms with E-state index in [-0.39, 0.29) is 0 Å². The Morgan fingerprint density at radius 3 is 2.46 bits per heavy atom. The third-order valence-corrected chi connectivity index (χ3v) is 4.96. The van der Waals surface area contributed by atoms with Crippen LogP contribution in [0.15, 0.2) is 59.6 Å². The number of nitrogens with zero attached hydrogens (tertiary/aromatic N) is 2. The van der Waals surface area contributed by atoms with Crippen LogP contribution in [-0.4, -0.2) is 42.1 Å². The smallest absolute Gasteiger partial charge is 0.194 e. The van der Waals surface area contributed by atoms with Gasteiger partial charge in [0.2, 0.25) is 0 Å². The summed E-state index contributed by atoms with van der Waals surface area (Å²) in [6.45, 7) is 3.28. The van der Waals surface area contributed by atoms with Gasteiger partial charge in [0, 0.05) is 13.1 Å². The van der Waals surface area contributed by atoms with Crippen LogP contribution in [0.1, 0.15) is 18.4 Å². The maximum Gasteiger partial charge on any atom is 0.194 e. The van der Waals surface area contributed by atoms with E-state index < -0.39 is 5.60 Å². The molecule has 4 nitrogen and oxygen atoms in total. The molecule has 2 aliphatic rings. The van der Waals surface area contributed by atoms with Crippen LogP contribution in [0.4, 0.5) is 0 Å². The SMILES string of the molecule is O[C@@]1(c2ccc(-c3ccccc3)cc2)CCCN(C2=NCCN2)C1. The van der Waals surface area contributed by atoms with Gasteiger partial charge in [-0.2, -0.15) is 0 Å². The van der Waals surface area contributed by atoms with Crippen molar-refractivity contribution in [2.75, 3.05) is 26.2 Å². The van der Waals surface area contributed by atoms with Gasteiger partial charge in [-0.3, -0.25) is 4.99 Å². The van der Waals surface area contributed by atoms with Crippen LogP contribution in [0.2, 0.25) is 0 Å². The molecule has 2 aromatic carbocycles. The Kier molecular flexibility index (Phi) is 3.98. The highest BCUT2D eigenvalue weighted by Gasteiger charge is 2.36. The van der Waals surface area contributed by atoms with Crippen LogP contribution in [0.5, 0.6) is 0 Å². The first kappa shape index (κ1) is 15.2. The lowest BCUT2D eigenvalue weighted by atomic mass is 9.85. The molecule has 0 bridgehead atoms.